The van der Waals surface area contributed by atoms with Gasteiger partial charge in [0.1, 0.15) is 5.82 Å². The minimum atomic E-state index is -0.224. The van der Waals surface area contributed by atoms with Gasteiger partial charge in [-0.3, -0.25) is 4.90 Å². The highest BCUT2D eigenvalue weighted by Crippen LogP contribution is 2.14. The SMILES string of the molecule is CCOC(=O)N1CCN(Cc2cccnc2NN)CC1. The van der Waals surface area contributed by atoms with Crippen molar-refractivity contribution in [1.82, 2.24) is 14.8 Å². The van der Waals surface area contributed by atoms with Crippen LogP contribution in [0, 0.1) is 0 Å². The molecule has 2 rings (SSSR count). The van der Waals surface area contributed by atoms with Crippen molar-refractivity contribution in [3.63, 3.8) is 0 Å². The predicted octanol–water partition coefficient (Wildman–Crippen LogP) is 0.641. The molecule has 1 fully saturated rings. The average molecular weight is 279 g/mol. The number of hydrogen-bond donors (Lipinski definition) is 2. The van der Waals surface area contributed by atoms with E-state index >= 15 is 0 Å². The monoisotopic (exact) mass is 279 g/mol. The zero-order valence-electron chi connectivity index (χ0n) is 11.7. The van der Waals surface area contributed by atoms with Crippen molar-refractivity contribution in [2.24, 2.45) is 5.84 Å². The first-order valence-corrected chi connectivity index (χ1v) is 6.79. The minimum absolute atomic E-state index is 0.224. The number of carbonyl (C=O) groups excluding carboxylic acids is 1. The van der Waals surface area contributed by atoms with Gasteiger partial charge in [-0.2, -0.15) is 0 Å². The molecule has 1 aromatic rings. The average Bonchev–Trinajstić information content (AvgIpc) is 2.49. The Morgan fingerprint density at radius 3 is 2.85 bits per heavy atom. The molecular weight excluding hydrogens is 258 g/mol. The van der Waals surface area contributed by atoms with E-state index in [9.17, 15) is 4.79 Å². The topological polar surface area (TPSA) is 83.7 Å². The van der Waals surface area contributed by atoms with Crippen molar-refractivity contribution in [3.8, 4) is 0 Å². The van der Waals surface area contributed by atoms with Gasteiger partial charge in [0.2, 0.25) is 0 Å². The lowest BCUT2D eigenvalue weighted by atomic mass is 10.2. The molecule has 0 atom stereocenters. The maximum atomic E-state index is 11.6. The number of rotatable bonds is 4. The fourth-order valence-corrected chi connectivity index (χ4v) is 2.24. The van der Waals surface area contributed by atoms with Crippen LogP contribution < -0.4 is 11.3 Å². The number of carbonyl (C=O) groups is 1. The van der Waals surface area contributed by atoms with Crippen LogP contribution >= 0.6 is 0 Å². The fourth-order valence-electron chi connectivity index (χ4n) is 2.24. The Hall–Kier alpha value is -1.86. The Kier molecular flexibility index (Phi) is 5.14. The number of aromatic nitrogens is 1. The summed E-state index contributed by atoms with van der Waals surface area (Å²) in [6.07, 6.45) is 1.48. The van der Waals surface area contributed by atoms with Gasteiger partial charge in [-0.05, 0) is 13.0 Å². The number of nitrogens with zero attached hydrogens (tertiary/aromatic N) is 3. The van der Waals surface area contributed by atoms with Crippen LogP contribution in [-0.2, 0) is 11.3 Å². The van der Waals surface area contributed by atoms with Crippen LogP contribution in [0.3, 0.4) is 0 Å². The lowest BCUT2D eigenvalue weighted by Crippen LogP contribution is -2.48. The molecule has 110 valence electrons. The molecular formula is C13H21N5O2. The van der Waals surface area contributed by atoms with E-state index in [0.29, 0.717) is 25.5 Å². The molecule has 0 saturated carbocycles. The number of anilines is 1. The van der Waals surface area contributed by atoms with Crippen LogP contribution in [0.5, 0.6) is 0 Å². The Morgan fingerprint density at radius 1 is 1.45 bits per heavy atom. The molecule has 1 saturated heterocycles. The smallest absolute Gasteiger partial charge is 0.409 e. The summed E-state index contributed by atoms with van der Waals surface area (Å²) in [5.74, 6) is 6.15. The van der Waals surface area contributed by atoms with E-state index in [1.54, 1.807) is 11.1 Å². The molecule has 1 aliphatic rings. The maximum absolute atomic E-state index is 11.6. The first kappa shape index (κ1) is 14.5. The highest BCUT2D eigenvalue weighted by atomic mass is 16.6. The lowest BCUT2D eigenvalue weighted by molar-refractivity contribution is 0.0778. The zero-order chi connectivity index (χ0) is 14.4. The van der Waals surface area contributed by atoms with E-state index in [1.807, 2.05) is 19.1 Å². The third-order valence-corrected chi connectivity index (χ3v) is 3.32. The quantitative estimate of drug-likeness (QED) is 0.621. The van der Waals surface area contributed by atoms with E-state index < -0.39 is 0 Å². The van der Waals surface area contributed by atoms with Gasteiger partial charge in [-0.15, -0.1) is 0 Å². The standard InChI is InChI=1S/C13H21N5O2/c1-2-20-13(19)18-8-6-17(7-9-18)10-11-4-3-5-15-12(11)16-14/h3-5H,2,6-10,14H2,1H3,(H,15,16). The number of hydrazine groups is 1. The molecule has 1 aromatic heterocycles. The van der Waals surface area contributed by atoms with Crippen LogP contribution in [0.4, 0.5) is 10.6 Å². The van der Waals surface area contributed by atoms with E-state index in [2.05, 4.69) is 15.3 Å². The Morgan fingerprint density at radius 2 is 2.20 bits per heavy atom. The second-order valence-corrected chi connectivity index (χ2v) is 4.62. The summed E-state index contributed by atoms with van der Waals surface area (Å²) in [5.41, 5.74) is 3.66. The van der Waals surface area contributed by atoms with Gasteiger partial charge in [0.25, 0.3) is 0 Å². The van der Waals surface area contributed by atoms with Crippen LogP contribution in [0.2, 0.25) is 0 Å². The van der Waals surface area contributed by atoms with E-state index in [4.69, 9.17) is 10.6 Å². The second-order valence-electron chi connectivity index (χ2n) is 4.62. The third kappa shape index (κ3) is 3.58. The third-order valence-electron chi connectivity index (χ3n) is 3.32. The number of nitrogens with two attached hydrogens (primary N) is 1. The van der Waals surface area contributed by atoms with Crippen molar-refractivity contribution in [2.45, 2.75) is 13.5 Å². The number of ether oxygens (including phenoxy) is 1. The molecule has 3 N–H and O–H groups in total. The highest BCUT2D eigenvalue weighted by molar-refractivity contribution is 5.67. The lowest BCUT2D eigenvalue weighted by Gasteiger charge is -2.34. The van der Waals surface area contributed by atoms with Crippen LogP contribution in [0.25, 0.3) is 0 Å². The number of amides is 1. The number of hydrogen-bond acceptors (Lipinski definition) is 6. The molecule has 7 heteroatoms. The largest absolute Gasteiger partial charge is 0.450 e. The first-order valence-electron chi connectivity index (χ1n) is 6.79. The fraction of sp³-hybridized carbons (Fsp3) is 0.538. The summed E-state index contributed by atoms with van der Waals surface area (Å²) in [5, 5.41) is 0. The van der Waals surface area contributed by atoms with Gasteiger partial charge in [-0.1, -0.05) is 6.07 Å². The van der Waals surface area contributed by atoms with E-state index in [0.717, 1.165) is 25.2 Å². The second kappa shape index (κ2) is 7.06. The molecule has 1 amide bonds. The molecule has 1 aliphatic heterocycles. The number of piperazine rings is 1. The van der Waals surface area contributed by atoms with Gasteiger partial charge in [0.05, 0.1) is 6.61 Å². The molecule has 0 bridgehead atoms. The molecule has 0 aliphatic carbocycles. The summed E-state index contributed by atoms with van der Waals surface area (Å²) < 4.78 is 5.00. The van der Waals surface area contributed by atoms with Gasteiger partial charge < -0.3 is 15.1 Å². The Balaban J connectivity index is 1.87. The minimum Gasteiger partial charge on any atom is -0.450 e. The van der Waals surface area contributed by atoms with Crippen LogP contribution in [-0.4, -0.2) is 53.7 Å². The number of nitrogen functional groups attached to an aromatic ring is 1. The predicted molar refractivity (Wildman–Crippen MR) is 75.9 cm³/mol. The normalized spacial score (nSPS) is 16.0. The highest BCUT2D eigenvalue weighted by Gasteiger charge is 2.22. The molecule has 0 aromatic carbocycles. The van der Waals surface area contributed by atoms with Crippen molar-refractivity contribution in [1.29, 1.82) is 0 Å². The van der Waals surface area contributed by atoms with Crippen molar-refractivity contribution < 1.29 is 9.53 Å². The molecule has 0 radical (unpaired) electrons. The zero-order valence-corrected chi connectivity index (χ0v) is 11.7. The van der Waals surface area contributed by atoms with Crippen LogP contribution in [0.15, 0.2) is 18.3 Å². The number of nitrogens with one attached hydrogen (secondary N) is 1. The molecule has 7 nitrogen and oxygen atoms in total. The Labute approximate surface area is 118 Å². The summed E-state index contributed by atoms with van der Waals surface area (Å²) in [7, 11) is 0. The molecule has 20 heavy (non-hydrogen) atoms. The summed E-state index contributed by atoms with van der Waals surface area (Å²) >= 11 is 0. The van der Waals surface area contributed by atoms with Gasteiger partial charge in [0, 0.05) is 44.5 Å². The van der Waals surface area contributed by atoms with Gasteiger partial charge in [0.15, 0.2) is 0 Å². The first-order chi connectivity index (χ1) is 9.74. The molecule has 0 spiro atoms. The van der Waals surface area contributed by atoms with E-state index in [1.165, 1.54) is 0 Å². The summed E-state index contributed by atoms with van der Waals surface area (Å²) in [6.45, 7) is 6.01. The number of pyridine rings is 1. The van der Waals surface area contributed by atoms with Gasteiger partial charge >= 0.3 is 6.09 Å². The Bertz CT molecular complexity index is 446. The molecule has 2 heterocycles. The van der Waals surface area contributed by atoms with E-state index in [-0.39, 0.29) is 6.09 Å². The van der Waals surface area contributed by atoms with Crippen molar-refractivity contribution >= 4 is 11.9 Å². The van der Waals surface area contributed by atoms with Crippen molar-refractivity contribution in [2.75, 3.05) is 38.2 Å². The summed E-state index contributed by atoms with van der Waals surface area (Å²) in [6, 6.07) is 3.89. The van der Waals surface area contributed by atoms with Crippen molar-refractivity contribution in [3.05, 3.63) is 23.9 Å². The van der Waals surface area contributed by atoms with Crippen LogP contribution in [0.1, 0.15) is 12.5 Å². The maximum Gasteiger partial charge on any atom is 0.409 e. The molecule has 0 unspecified atom stereocenters. The summed E-state index contributed by atoms with van der Waals surface area (Å²) in [4.78, 5) is 19.8. The van der Waals surface area contributed by atoms with Gasteiger partial charge in [-0.25, -0.2) is 15.6 Å².